The number of nitriles is 1. The lowest BCUT2D eigenvalue weighted by atomic mass is 9.98. The van der Waals surface area contributed by atoms with Crippen molar-refractivity contribution in [2.24, 2.45) is 0 Å². The summed E-state index contributed by atoms with van der Waals surface area (Å²) in [5.41, 5.74) is 7.14. The zero-order chi connectivity index (χ0) is 29.2. The van der Waals surface area contributed by atoms with Crippen molar-refractivity contribution in [3.8, 4) is 40.5 Å². The molecular weight excluding hydrogens is 542 g/mol. The predicted molar refractivity (Wildman–Crippen MR) is 173 cm³/mol. The van der Waals surface area contributed by atoms with Crippen LogP contribution in [0.5, 0.6) is 0 Å². The van der Waals surface area contributed by atoms with E-state index in [2.05, 4.69) is 56.6 Å². The van der Waals surface area contributed by atoms with E-state index in [9.17, 15) is 5.26 Å². The number of para-hydroxylation sites is 3. The van der Waals surface area contributed by atoms with Crippen LogP contribution in [-0.2, 0) is 0 Å². The molecule has 204 valence electrons. The molecule has 0 spiro atoms. The SMILES string of the molecule is N#Cc1ncc2c3cccc4c3-n(c3cccc1c23)c1ccccc1n4-c1nc(-c2ccccc2)nc(-c2ccccc2)n1. The zero-order valence-electron chi connectivity index (χ0n) is 23.3. The number of aromatic nitrogens is 6. The lowest BCUT2D eigenvalue weighted by Gasteiger charge is -2.26. The molecule has 0 N–H and O–H groups in total. The molecule has 2 aromatic heterocycles. The van der Waals surface area contributed by atoms with Gasteiger partial charge in [0.05, 0.1) is 27.8 Å². The Morgan fingerprint density at radius 3 is 1.73 bits per heavy atom. The van der Waals surface area contributed by atoms with E-state index in [4.69, 9.17) is 15.0 Å². The van der Waals surface area contributed by atoms with Crippen LogP contribution in [0.25, 0.3) is 78.0 Å². The van der Waals surface area contributed by atoms with Gasteiger partial charge in [0.1, 0.15) is 11.8 Å². The molecular formula is C37H21N7. The third-order valence-electron chi connectivity index (χ3n) is 8.26. The van der Waals surface area contributed by atoms with Gasteiger partial charge in [0.2, 0.25) is 5.95 Å². The van der Waals surface area contributed by atoms with E-state index >= 15 is 0 Å². The van der Waals surface area contributed by atoms with E-state index < -0.39 is 0 Å². The average molecular weight is 564 g/mol. The largest absolute Gasteiger partial charge is 0.305 e. The van der Waals surface area contributed by atoms with E-state index in [1.807, 2.05) is 91.1 Å². The van der Waals surface area contributed by atoms with Gasteiger partial charge >= 0.3 is 0 Å². The maximum Gasteiger partial charge on any atom is 0.238 e. The summed E-state index contributed by atoms with van der Waals surface area (Å²) in [4.78, 5) is 19.7. The molecule has 0 saturated carbocycles. The molecule has 0 unspecified atom stereocenters. The molecule has 2 aliphatic heterocycles. The minimum absolute atomic E-state index is 0.421. The summed E-state index contributed by atoms with van der Waals surface area (Å²) in [6, 6.07) is 43.0. The molecule has 0 radical (unpaired) electrons. The van der Waals surface area contributed by atoms with E-state index in [0.29, 0.717) is 23.3 Å². The standard InChI is InChI=1S/C37H21N7/c38-21-28-26-16-10-19-31-33(26)27(22-39-28)25-15-9-20-32-34(25)43(31)29-17-7-8-18-30(29)44(32)37-41-35(23-11-3-1-4-12-23)40-36(42-37)24-13-5-2-6-14-24/h1-20,22H. The van der Waals surface area contributed by atoms with Gasteiger partial charge in [-0.05, 0) is 24.3 Å². The molecule has 5 aromatic carbocycles. The molecule has 4 heterocycles. The minimum Gasteiger partial charge on any atom is -0.305 e. The van der Waals surface area contributed by atoms with Crippen LogP contribution in [0.2, 0.25) is 0 Å². The first-order valence-corrected chi connectivity index (χ1v) is 14.3. The highest BCUT2D eigenvalue weighted by atomic mass is 15.2. The van der Waals surface area contributed by atoms with Crippen LogP contribution in [-0.4, -0.2) is 29.1 Å². The molecule has 7 nitrogen and oxygen atoms in total. The van der Waals surface area contributed by atoms with E-state index in [0.717, 1.165) is 60.4 Å². The van der Waals surface area contributed by atoms with Gasteiger partial charge in [-0.1, -0.05) is 97.1 Å². The molecule has 0 saturated heterocycles. The van der Waals surface area contributed by atoms with Gasteiger partial charge in [0.25, 0.3) is 0 Å². The molecule has 0 amide bonds. The number of hydrogen-bond acceptors (Lipinski definition) is 5. The summed E-state index contributed by atoms with van der Waals surface area (Å²) in [5, 5.41) is 13.7. The van der Waals surface area contributed by atoms with Crippen molar-refractivity contribution in [2.75, 3.05) is 0 Å². The lowest BCUT2D eigenvalue weighted by Crippen LogP contribution is -2.14. The quantitative estimate of drug-likeness (QED) is 0.160. The van der Waals surface area contributed by atoms with Crippen molar-refractivity contribution in [1.82, 2.24) is 29.1 Å². The highest BCUT2D eigenvalue weighted by Gasteiger charge is 2.24. The monoisotopic (exact) mass is 563 g/mol. The highest BCUT2D eigenvalue weighted by Crippen LogP contribution is 2.42. The first-order valence-electron chi connectivity index (χ1n) is 14.3. The van der Waals surface area contributed by atoms with E-state index in [1.54, 1.807) is 0 Å². The average Bonchev–Trinajstić information content (AvgIpc) is 3.10. The van der Waals surface area contributed by atoms with Crippen molar-refractivity contribution in [2.45, 2.75) is 0 Å². The van der Waals surface area contributed by atoms with Crippen molar-refractivity contribution in [3.05, 3.63) is 133 Å². The summed E-state index contributed by atoms with van der Waals surface area (Å²) in [5.74, 6) is 1.73. The molecule has 0 atom stereocenters. The molecule has 0 aliphatic carbocycles. The van der Waals surface area contributed by atoms with Crippen LogP contribution in [0.15, 0.2) is 128 Å². The number of benzene rings is 5. The second-order valence-electron chi connectivity index (χ2n) is 10.7. The Balaban J connectivity index is 1.48. The summed E-state index contributed by atoms with van der Waals surface area (Å²) in [6.07, 6.45) is 1.83. The Morgan fingerprint density at radius 1 is 0.500 bits per heavy atom. The molecule has 0 fully saturated rings. The Hall–Kier alpha value is -6.39. The smallest absolute Gasteiger partial charge is 0.238 e. The van der Waals surface area contributed by atoms with E-state index in [-0.39, 0.29) is 0 Å². The number of nitrogens with zero attached hydrogens (tertiary/aromatic N) is 7. The van der Waals surface area contributed by atoms with Crippen LogP contribution >= 0.6 is 0 Å². The Bertz CT molecular complexity index is 2500. The Kier molecular flexibility index (Phi) is 5.13. The second kappa shape index (κ2) is 9.31. The summed E-state index contributed by atoms with van der Waals surface area (Å²) >= 11 is 0. The van der Waals surface area contributed by atoms with Gasteiger partial charge in [-0.2, -0.15) is 15.2 Å². The van der Waals surface area contributed by atoms with Crippen LogP contribution in [0.1, 0.15) is 5.69 Å². The fraction of sp³-hybridized carbons (Fsp3) is 0. The fourth-order valence-corrected chi connectivity index (χ4v) is 6.38. The molecule has 2 aliphatic rings. The topological polar surface area (TPSA) is 85.2 Å². The number of pyridine rings is 2. The van der Waals surface area contributed by atoms with Crippen molar-refractivity contribution in [3.63, 3.8) is 0 Å². The molecule has 0 bridgehead atoms. The van der Waals surface area contributed by atoms with Crippen LogP contribution in [0.4, 0.5) is 0 Å². The first kappa shape index (κ1) is 24.2. The predicted octanol–water partition coefficient (Wildman–Crippen LogP) is 8.10. The van der Waals surface area contributed by atoms with Crippen LogP contribution < -0.4 is 0 Å². The lowest BCUT2D eigenvalue weighted by molar-refractivity contribution is 0.936. The number of hydrogen-bond donors (Lipinski definition) is 0. The fourth-order valence-electron chi connectivity index (χ4n) is 6.38. The third-order valence-corrected chi connectivity index (χ3v) is 8.26. The van der Waals surface area contributed by atoms with Crippen molar-refractivity contribution < 1.29 is 0 Å². The van der Waals surface area contributed by atoms with E-state index in [1.165, 1.54) is 0 Å². The van der Waals surface area contributed by atoms with Gasteiger partial charge in [-0.3, -0.25) is 4.57 Å². The maximum absolute atomic E-state index is 9.86. The second-order valence-corrected chi connectivity index (χ2v) is 10.7. The summed E-state index contributed by atoms with van der Waals surface area (Å²) < 4.78 is 4.43. The van der Waals surface area contributed by atoms with Gasteiger partial charge in [0, 0.05) is 38.9 Å². The normalized spacial score (nSPS) is 11.6. The summed E-state index contributed by atoms with van der Waals surface area (Å²) in [7, 11) is 0. The molecule has 44 heavy (non-hydrogen) atoms. The molecule has 9 rings (SSSR count). The van der Waals surface area contributed by atoms with Crippen molar-refractivity contribution >= 4 is 43.6 Å². The summed E-state index contributed by atoms with van der Waals surface area (Å²) in [6.45, 7) is 0. The van der Waals surface area contributed by atoms with Crippen molar-refractivity contribution in [1.29, 1.82) is 5.26 Å². The highest BCUT2D eigenvalue weighted by molar-refractivity contribution is 6.21. The van der Waals surface area contributed by atoms with Gasteiger partial charge < -0.3 is 4.57 Å². The van der Waals surface area contributed by atoms with Gasteiger partial charge in [-0.15, -0.1) is 0 Å². The van der Waals surface area contributed by atoms with Crippen LogP contribution in [0.3, 0.4) is 0 Å². The first-order chi connectivity index (χ1) is 21.8. The zero-order valence-corrected chi connectivity index (χ0v) is 23.3. The third kappa shape index (κ3) is 3.42. The number of fused-ring (bicyclic) bond motifs is 4. The molecule has 7 aromatic rings. The molecule has 7 heteroatoms. The Morgan fingerprint density at radius 2 is 1.07 bits per heavy atom. The van der Waals surface area contributed by atoms with Gasteiger partial charge in [-0.25, -0.2) is 9.97 Å². The minimum atomic E-state index is 0.421. The van der Waals surface area contributed by atoms with Gasteiger partial charge in [0.15, 0.2) is 11.6 Å². The maximum atomic E-state index is 9.86. The number of rotatable bonds is 3. The van der Waals surface area contributed by atoms with Crippen LogP contribution in [0, 0.1) is 11.3 Å². The Labute approximate surface area is 251 Å².